The zero-order valence-electron chi connectivity index (χ0n) is 10.6. The van der Waals surface area contributed by atoms with E-state index in [9.17, 15) is 18.0 Å². The Bertz CT molecular complexity index is 480. The van der Waals surface area contributed by atoms with Gasteiger partial charge in [0.05, 0.1) is 24.4 Å². The number of carbonyl (C=O) groups excluding carboxylic acids is 1. The smallest absolute Gasteiger partial charge is 0.391 e. The minimum absolute atomic E-state index is 0.258. The van der Waals surface area contributed by atoms with E-state index in [2.05, 4.69) is 5.32 Å². The molecular weight excluding hydrogens is 297 g/mol. The van der Waals surface area contributed by atoms with Crippen LogP contribution in [0.15, 0.2) is 18.2 Å². The van der Waals surface area contributed by atoms with Crippen LogP contribution in [-0.2, 0) is 9.53 Å². The second-order valence-electron chi connectivity index (χ2n) is 4.10. The Morgan fingerprint density at radius 1 is 1.50 bits per heavy atom. The first-order chi connectivity index (χ1) is 9.19. The van der Waals surface area contributed by atoms with E-state index in [4.69, 9.17) is 22.1 Å². The largest absolute Gasteiger partial charge is 0.397 e. The predicted molar refractivity (Wildman–Crippen MR) is 70.6 cm³/mol. The molecule has 0 aliphatic rings. The third-order valence-electron chi connectivity index (χ3n) is 2.39. The Morgan fingerprint density at radius 3 is 2.70 bits per heavy atom. The average Bonchev–Trinajstić information content (AvgIpc) is 2.30. The van der Waals surface area contributed by atoms with Gasteiger partial charge in [-0.3, -0.25) is 4.79 Å². The summed E-state index contributed by atoms with van der Waals surface area (Å²) >= 11 is 5.70. The molecule has 20 heavy (non-hydrogen) atoms. The van der Waals surface area contributed by atoms with E-state index in [1.165, 1.54) is 25.1 Å². The summed E-state index contributed by atoms with van der Waals surface area (Å²) in [6, 6.07) is 4.48. The van der Waals surface area contributed by atoms with Crippen molar-refractivity contribution >= 4 is 28.9 Å². The van der Waals surface area contributed by atoms with Gasteiger partial charge in [-0.2, -0.15) is 13.2 Å². The molecule has 0 aromatic heterocycles. The lowest BCUT2D eigenvalue weighted by Gasteiger charge is -2.15. The summed E-state index contributed by atoms with van der Waals surface area (Å²) in [5.41, 5.74) is 6.22. The number of hydrogen-bond acceptors (Lipinski definition) is 3. The summed E-state index contributed by atoms with van der Waals surface area (Å²) in [6.07, 6.45) is -6.43. The van der Waals surface area contributed by atoms with Gasteiger partial charge in [0.1, 0.15) is 6.10 Å². The summed E-state index contributed by atoms with van der Waals surface area (Å²) in [7, 11) is 0. The molecule has 1 aromatic rings. The zero-order valence-corrected chi connectivity index (χ0v) is 11.4. The van der Waals surface area contributed by atoms with E-state index in [1.807, 2.05) is 0 Å². The van der Waals surface area contributed by atoms with E-state index in [0.29, 0.717) is 10.7 Å². The molecule has 0 aliphatic carbocycles. The van der Waals surface area contributed by atoms with Gasteiger partial charge >= 0.3 is 6.18 Å². The lowest BCUT2D eigenvalue weighted by atomic mass is 10.2. The van der Waals surface area contributed by atoms with Crippen molar-refractivity contribution in [1.82, 2.24) is 0 Å². The van der Waals surface area contributed by atoms with Crippen LogP contribution in [0.4, 0.5) is 24.5 Å². The van der Waals surface area contributed by atoms with Crippen LogP contribution in [0.3, 0.4) is 0 Å². The number of nitrogen functional groups attached to an aromatic ring is 1. The van der Waals surface area contributed by atoms with Gasteiger partial charge in [0.25, 0.3) is 5.91 Å². The van der Waals surface area contributed by atoms with Crippen LogP contribution < -0.4 is 11.1 Å². The van der Waals surface area contributed by atoms with Crippen molar-refractivity contribution in [2.24, 2.45) is 0 Å². The lowest BCUT2D eigenvalue weighted by molar-refractivity contribution is -0.152. The predicted octanol–water partition coefficient (Wildman–Crippen LogP) is 3.22. The van der Waals surface area contributed by atoms with Gasteiger partial charge in [0, 0.05) is 5.02 Å². The highest BCUT2D eigenvalue weighted by atomic mass is 35.5. The molecule has 0 spiro atoms. The van der Waals surface area contributed by atoms with Gasteiger partial charge in [0.15, 0.2) is 0 Å². The van der Waals surface area contributed by atoms with Gasteiger partial charge in [-0.1, -0.05) is 11.6 Å². The maximum Gasteiger partial charge on any atom is 0.391 e. The van der Waals surface area contributed by atoms with Crippen molar-refractivity contribution in [2.45, 2.75) is 25.6 Å². The normalized spacial score (nSPS) is 13.1. The molecule has 1 atom stereocenters. The van der Waals surface area contributed by atoms with E-state index in [-0.39, 0.29) is 5.69 Å². The second-order valence-corrected chi connectivity index (χ2v) is 4.54. The number of ether oxygens (including phenoxy) is 1. The fourth-order valence-electron chi connectivity index (χ4n) is 1.31. The van der Waals surface area contributed by atoms with Crippen LogP contribution in [-0.4, -0.2) is 24.8 Å². The first kappa shape index (κ1) is 16.6. The van der Waals surface area contributed by atoms with Gasteiger partial charge in [0.2, 0.25) is 0 Å². The number of anilines is 2. The molecule has 0 radical (unpaired) electrons. The Morgan fingerprint density at radius 2 is 2.15 bits per heavy atom. The molecule has 0 bridgehead atoms. The van der Waals surface area contributed by atoms with E-state index in [0.717, 1.165) is 0 Å². The fraction of sp³-hybridized carbons (Fsp3) is 0.417. The van der Waals surface area contributed by atoms with Crippen molar-refractivity contribution in [3.63, 3.8) is 0 Å². The van der Waals surface area contributed by atoms with Crippen LogP contribution in [0.25, 0.3) is 0 Å². The number of rotatable bonds is 5. The van der Waals surface area contributed by atoms with Crippen LogP contribution in [0.1, 0.15) is 13.3 Å². The number of hydrogen-bond donors (Lipinski definition) is 2. The number of halogens is 4. The topological polar surface area (TPSA) is 64.3 Å². The second kappa shape index (κ2) is 6.81. The summed E-state index contributed by atoms with van der Waals surface area (Å²) < 4.78 is 40.6. The first-order valence-corrected chi connectivity index (χ1v) is 6.11. The molecule has 0 saturated heterocycles. The molecule has 0 saturated carbocycles. The number of alkyl halides is 3. The minimum Gasteiger partial charge on any atom is -0.397 e. The molecule has 0 fully saturated rings. The van der Waals surface area contributed by atoms with Crippen molar-refractivity contribution < 1.29 is 22.7 Å². The lowest BCUT2D eigenvalue weighted by Crippen LogP contribution is -2.29. The number of nitrogens with two attached hydrogens (primary N) is 1. The molecule has 1 amide bonds. The van der Waals surface area contributed by atoms with Crippen LogP contribution >= 0.6 is 11.6 Å². The molecule has 1 rings (SSSR count). The summed E-state index contributed by atoms with van der Waals surface area (Å²) in [5, 5.41) is 2.87. The van der Waals surface area contributed by atoms with E-state index < -0.39 is 31.2 Å². The molecule has 1 unspecified atom stereocenters. The summed E-state index contributed by atoms with van der Waals surface area (Å²) in [6.45, 7) is 0.784. The number of benzene rings is 1. The van der Waals surface area contributed by atoms with Gasteiger partial charge < -0.3 is 15.8 Å². The number of amides is 1. The van der Waals surface area contributed by atoms with Gasteiger partial charge in [-0.25, -0.2) is 0 Å². The minimum atomic E-state index is -4.31. The molecule has 3 N–H and O–H groups in total. The van der Waals surface area contributed by atoms with Crippen molar-refractivity contribution in [3.8, 4) is 0 Å². The van der Waals surface area contributed by atoms with Crippen LogP contribution in [0.2, 0.25) is 5.02 Å². The monoisotopic (exact) mass is 310 g/mol. The SMILES string of the molecule is CC(OCCC(F)(F)F)C(=O)Nc1ccc(Cl)cc1N. The van der Waals surface area contributed by atoms with Crippen molar-refractivity contribution in [3.05, 3.63) is 23.2 Å². The Labute approximate surface area is 119 Å². The first-order valence-electron chi connectivity index (χ1n) is 5.73. The third kappa shape index (κ3) is 5.66. The molecule has 4 nitrogen and oxygen atoms in total. The third-order valence-corrected chi connectivity index (χ3v) is 2.63. The van der Waals surface area contributed by atoms with Crippen LogP contribution in [0, 0.1) is 0 Å². The molecular formula is C12H14ClF3N2O2. The maximum atomic E-state index is 11.9. The Hall–Kier alpha value is -1.47. The molecule has 8 heteroatoms. The fourth-order valence-corrected chi connectivity index (χ4v) is 1.49. The van der Waals surface area contributed by atoms with E-state index >= 15 is 0 Å². The average molecular weight is 311 g/mol. The van der Waals surface area contributed by atoms with Gasteiger partial charge in [-0.05, 0) is 25.1 Å². The molecule has 1 aromatic carbocycles. The zero-order chi connectivity index (χ0) is 15.3. The maximum absolute atomic E-state index is 11.9. The Balaban J connectivity index is 2.49. The summed E-state index contributed by atoms with van der Waals surface area (Å²) in [4.78, 5) is 11.7. The van der Waals surface area contributed by atoms with Gasteiger partial charge in [-0.15, -0.1) is 0 Å². The highest BCUT2D eigenvalue weighted by molar-refractivity contribution is 6.31. The number of nitrogens with one attached hydrogen (secondary N) is 1. The molecule has 0 heterocycles. The van der Waals surface area contributed by atoms with Crippen LogP contribution in [0.5, 0.6) is 0 Å². The van der Waals surface area contributed by atoms with Crippen molar-refractivity contribution in [2.75, 3.05) is 17.7 Å². The Kier molecular flexibility index (Phi) is 5.64. The highest BCUT2D eigenvalue weighted by Gasteiger charge is 2.27. The summed E-state index contributed by atoms with van der Waals surface area (Å²) in [5.74, 6) is -0.582. The quantitative estimate of drug-likeness (QED) is 0.821. The van der Waals surface area contributed by atoms with E-state index in [1.54, 1.807) is 0 Å². The molecule has 112 valence electrons. The molecule has 0 aliphatic heterocycles. The standard InChI is InChI=1S/C12H14ClF3N2O2/c1-7(20-5-4-12(14,15)16)11(19)18-10-3-2-8(13)6-9(10)17/h2-3,6-7H,4-5,17H2,1H3,(H,18,19). The number of carbonyl (C=O) groups is 1. The van der Waals surface area contributed by atoms with Crippen molar-refractivity contribution in [1.29, 1.82) is 0 Å². The highest BCUT2D eigenvalue weighted by Crippen LogP contribution is 2.23.